The molecule has 2 rings (SSSR count). The molecule has 0 saturated carbocycles. The number of aryl methyl sites for hydroxylation is 1. The van der Waals surface area contributed by atoms with Crippen LogP contribution in [0.4, 0.5) is 0 Å². The van der Waals surface area contributed by atoms with Crippen molar-refractivity contribution in [3.05, 3.63) is 47.7 Å². The van der Waals surface area contributed by atoms with Crippen LogP contribution < -0.4 is 4.74 Å². The maximum Gasteiger partial charge on any atom is 0.235 e. The summed E-state index contributed by atoms with van der Waals surface area (Å²) < 4.78 is 5.42. The van der Waals surface area contributed by atoms with Gasteiger partial charge in [-0.25, -0.2) is 9.97 Å². The highest BCUT2D eigenvalue weighted by atomic mass is 16.5. The second-order valence-electron chi connectivity index (χ2n) is 3.47. The number of nitrogens with zero attached hydrogens (tertiary/aromatic N) is 4. The number of hydrogen-bond donors (Lipinski definition) is 0. The van der Waals surface area contributed by atoms with E-state index in [1.807, 2.05) is 25.1 Å². The van der Waals surface area contributed by atoms with Gasteiger partial charge in [0.1, 0.15) is 24.6 Å². The maximum absolute atomic E-state index is 8.83. The summed E-state index contributed by atoms with van der Waals surface area (Å²) in [6, 6.07) is 5.80. The van der Waals surface area contributed by atoms with Crippen molar-refractivity contribution in [1.82, 2.24) is 15.0 Å². The fraction of sp³-hybridized carbons (Fsp3) is 0.167. The van der Waals surface area contributed by atoms with Crippen molar-refractivity contribution < 1.29 is 4.74 Å². The van der Waals surface area contributed by atoms with Gasteiger partial charge in [-0.3, -0.25) is 4.98 Å². The Morgan fingerprint density at radius 1 is 1.29 bits per heavy atom. The van der Waals surface area contributed by atoms with E-state index in [-0.39, 0.29) is 12.5 Å². The molecule has 2 heterocycles. The van der Waals surface area contributed by atoms with Crippen molar-refractivity contribution >= 4 is 0 Å². The highest BCUT2D eigenvalue weighted by molar-refractivity contribution is 5.34. The van der Waals surface area contributed by atoms with Gasteiger partial charge in [-0.2, -0.15) is 5.26 Å². The standard InChI is InChI=1S/C12H10N4O/c1-9-2-3-11(15-5-9)7-17-12-10(4-13)6-14-8-16-12/h2-3,5-6,8H,7H2,1H3. The Morgan fingerprint density at radius 3 is 2.88 bits per heavy atom. The van der Waals surface area contributed by atoms with Gasteiger partial charge < -0.3 is 4.74 Å². The smallest absolute Gasteiger partial charge is 0.235 e. The normalized spacial score (nSPS) is 9.65. The van der Waals surface area contributed by atoms with Crippen LogP contribution in [0.15, 0.2) is 30.9 Å². The summed E-state index contributed by atoms with van der Waals surface area (Å²) >= 11 is 0. The number of aromatic nitrogens is 3. The Balaban J connectivity index is 2.08. The summed E-state index contributed by atoms with van der Waals surface area (Å²) in [6.07, 6.45) is 4.54. The molecule has 5 heteroatoms. The van der Waals surface area contributed by atoms with E-state index in [0.29, 0.717) is 5.56 Å². The van der Waals surface area contributed by atoms with E-state index in [1.165, 1.54) is 12.5 Å². The van der Waals surface area contributed by atoms with E-state index in [2.05, 4.69) is 15.0 Å². The van der Waals surface area contributed by atoms with Gasteiger partial charge >= 0.3 is 0 Å². The number of nitriles is 1. The van der Waals surface area contributed by atoms with Crippen LogP contribution in [-0.2, 0) is 6.61 Å². The Bertz CT molecular complexity index is 545. The molecule has 0 unspecified atom stereocenters. The molecule has 0 aliphatic rings. The second kappa shape index (κ2) is 5.03. The third-order valence-electron chi connectivity index (χ3n) is 2.13. The fourth-order valence-corrected chi connectivity index (χ4v) is 1.24. The van der Waals surface area contributed by atoms with Crippen molar-refractivity contribution in [1.29, 1.82) is 5.26 Å². The Labute approximate surface area is 98.7 Å². The molecule has 0 aliphatic heterocycles. The maximum atomic E-state index is 8.83. The molecule has 0 saturated heterocycles. The van der Waals surface area contributed by atoms with E-state index in [9.17, 15) is 0 Å². The molecule has 5 nitrogen and oxygen atoms in total. The molecule has 0 fully saturated rings. The summed E-state index contributed by atoms with van der Waals surface area (Å²) in [5.74, 6) is 0.282. The highest BCUT2D eigenvalue weighted by Crippen LogP contribution is 2.12. The van der Waals surface area contributed by atoms with Crippen molar-refractivity contribution in [3.63, 3.8) is 0 Å². The lowest BCUT2D eigenvalue weighted by molar-refractivity contribution is 0.287. The third kappa shape index (κ3) is 2.75. The summed E-state index contributed by atoms with van der Waals surface area (Å²) in [5.41, 5.74) is 2.20. The summed E-state index contributed by atoms with van der Waals surface area (Å²) in [7, 11) is 0. The van der Waals surface area contributed by atoms with E-state index in [1.54, 1.807) is 6.20 Å². The number of ether oxygens (including phenoxy) is 1. The lowest BCUT2D eigenvalue weighted by Gasteiger charge is -2.05. The first kappa shape index (κ1) is 11.0. The molecule has 84 valence electrons. The number of pyridine rings is 1. The third-order valence-corrected chi connectivity index (χ3v) is 2.13. The molecule has 0 amide bonds. The average molecular weight is 226 g/mol. The van der Waals surface area contributed by atoms with E-state index < -0.39 is 0 Å². The molecule has 0 radical (unpaired) electrons. The van der Waals surface area contributed by atoms with Gasteiger partial charge in [0.2, 0.25) is 5.88 Å². The van der Waals surface area contributed by atoms with Crippen molar-refractivity contribution in [2.45, 2.75) is 13.5 Å². The van der Waals surface area contributed by atoms with Crippen LogP contribution >= 0.6 is 0 Å². The Kier molecular flexibility index (Phi) is 3.26. The van der Waals surface area contributed by atoms with E-state index >= 15 is 0 Å². The largest absolute Gasteiger partial charge is 0.470 e. The molecule has 0 N–H and O–H groups in total. The van der Waals surface area contributed by atoms with Crippen LogP contribution in [0.1, 0.15) is 16.8 Å². The van der Waals surface area contributed by atoms with Gasteiger partial charge in [-0.15, -0.1) is 0 Å². The van der Waals surface area contributed by atoms with Crippen LogP contribution in [0.25, 0.3) is 0 Å². The zero-order valence-corrected chi connectivity index (χ0v) is 9.29. The SMILES string of the molecule is Cc1ccc(COc2ncncc2C#N)nc1. The zero-order chi connectivity index (χ0) is 12.1. The minimum Gasteiger partial charge on any atom is -0.470 e. The molecular weight excluding hydrogens is 216 g/mol. The molecule has 17 heavy (non-hydrogen) atoms. The summed E-state index contributed by atoms with van der Waals surface area (Å²) in [4.78, 5) is 11.8. The van der Waals surface area contributed by atoms with Crippen LogP contribution in [0.3, 0.4) is 0 Å². The van der Waals surface area contributed by atoms with Crippen molar-refractivity contribution in [2.75, 3.05) is 0 Å². The topological polar surface area (TPSA) is 71.7 Å². The first-order valence-electron chi connectivity index (χ1n) is 5.04. The van der Waals surface area contributed by atoms with E-state index in [4.69, 9.17) is 10.00 Å². The lowest BCUT2D eigenvalue weighted by atomic mass is 10.3. The number of rotatable bonds is 3. The average Bonchev–Trinajstić information content (AvgIpc) is 2.38. The molecule has 0 aromatic carbocycles. The quantitative estimate of drug-likeness (QED) is 0.795. The van der Waals surface area contributed by atoms with Crippen molar-refractivity contribution in [3.8, 4) is 11.9 Å². The predicted octanol–water partition coefficient (Wildman–Crippen LogP) is 1.63. The van der Waals surface area contributed by atoms with Gasteiger partial charge in [0, 0.05) is 6.20 Å². The second-order valence-corrected chi connectivity index (χ2v) is 3.47. The first-order chi connectivity index (χ1) is 8.29. The predicted molar refractivity (Wildman–Crippen MR) is 60.1 cm³/mol. The molecule has 2 aromatic heterocycles. The van der Waals surface area contributed by atoms with Crippen LogP contribution in [0.5, 0.6) is 5.88 Å². The minimum absolute atomic E-state index is 0.282. The Morgan fingerprint density at radius 2 is 2.18 bits per heavy atom. The molecule has 0 aliphatic carbocycles. The van der Waals surface area contributed by atoms with Gasteiger partial charge in [-0.05, 0) is 18.6 Å². The Hall–Kier alpha value is -2.48. The lowest BCUT2D eigenvalue weighted by Crippen LogP contribution is -2.01. The van der Waals surface area contributed by atoms with E-state index in [0.717, 1.165) is 11.3 Å². The summed E-state index contributed by atoms with van der Waals surface area (Å²) in [5, 5.41) is 8.83. The minimum atomic E-state index is 0.282. The summed E-state index contributed by atoms with van der Waals surface area (Å²) in [6.45, 7) is 2.25. The molecular formula is C12H10N4O. The van der Waals surface area contributed by atoms with Crippen molar-refractivity contribution in [2.24, 2.45) is 0 Å². The number of hydrogen-bond acceptors (Lipinski definition) is 5. The fourth-order valence-electron chi connectivity index (χ4n) is 1.24. The van der Waals surface area contributed by atoms with Crippen LogP contribution in [0, 0.1) is 18.3 Å². The van der Waals surface area contributed by atoms with Gasteiger partial charge in [-0.1, -0.05) is 6.07 Å². The molecule has 0 spiro atoms. The zero-order valence-electron chi connectivity index (χ0n) is 9.29. The highest BCUT2D eigenvalue weighted by Gasteiger charge is 2.04. The van der Waals surface area contributed by atoms with Gasteiger partial charge in [0.15, 0.2) is 0 Å². The van der Waals surface area contributed by atoms with Gasteiger partial charge in [0.25, 0.3) is 0 Å². The van der Waals surface area contributed by atoms with Gasteiger partial charge in [0.05, 0.1) is 11.9 Å². The molecule has 0 atom stereocenters. The first-order valence-corrected chi connectivity index (χ1v) is 5.04. The van der Waals surface area contributed by atoms with Crippen LogP contribution in [-0.4, -0.2) is 15.0 Å². The molecule has 2 aromatic rings. The monoisotopic (exact) mass is 226 g/mol. The molecule has 0 bridgehead atoms. The van der Waals surface area contributed by atoms with Crippen LogP contribution in [0.2, 0.25) is 0 Å².